The number of nitrogens with zero attached hydrogens (tertiary/aromatic N) is 6. The van der Waals surface area contributed by atoms with Crippen molar-refractivity contribution in [2.45, 2.75) is 69.9 Å². The maximum atomic E-state index is 14.7. The van der Waals surface area contributed by atoms with Crippen LogP contribution >= 0.6 is 0 Å². The molecule has 296 valence electrons. The van der Waals surface area contributed by atoms with Gasteiger partial charge in [-0.2, -0.15) is 4.31 Å². The number of ether oxygens (including phenoxy) is 4. The maximum Gasteiger partial charge on any atom is 0.310 e. The van der Waals surface area contributed by atoms with Crippen molar-refractivity contribution in [3.05, 3.63) is 76.4 Å². The van der Waals surface area contributed by atoms with Gasteiger partial charge in [0.15, 0.2) is 5.65 Å². The van der Waals surface area contributed by atoms with E-state index in [1.54, 1.807) is 26.8 Å². The van der Waals surface area contributed by atoms with E-state index in [0.717, 1.165) is 18.7 Å². The Morgan fingerprint density at radius 2 is 1.78 bits per heavy atom. The molecule has 1 atom stereocenters. The molecule has 0 aliphatic carbocycles. The molecule has 6 heterocycles. The summed E-state index contributed by atoms with van der Waals surface area (Å²) in [7, 11) is -4.22. The summed E-state index contributed by atoms with van der Waals surface area (Å²) in [6.07, 6.45) is 0.964. The molecule has 55 heavy (non-hydrogen) atoms. The number of benzene rings is 1. The van der Waals surface area contributed by atoms with Crippen LogP contribution < -0.4 is 9.47 Å². The Bertz CT molecular complexity index is 2170. The van der Waals surface area contributed by atoms with Crippen molar-refractivity contribution < 1.29 is 46.0 Å². The predicted octanol–water partition coefficient (Wildman–Crippen LogP) is 4.76. The highest BCUT2D eigenvalue weighted by molar-refractivity contribution is 7.89. The highest BCUT2D eigenvalue weighted by atomic mass is 32.2. The second-order valence-electron chi connectivity index (χ2n) is 15.0. The van der Waals surface area contributed by atoms with Crippen LogP contribution in [0.4, 0.5) is 8.78 Å². The van der Waals surface area contributed by atoms with Gasteiger partial charge in [0.1, 0.15) is 22.9 Å². The summed E-state index contributed by atoms with van der Waals surface area (Å²) in [5.41, 5.74) is 1.04. The van der Waals surface area contributed by atoms with Crippen molar-refractivity contribution in [3.8, 4) is 11.6 Å². The zero-order chi connectivity index (χ0) is 39.1. The van der Waals surface area contributed by atoms with Crippen molar-refractivity contribution in [2.24, 2.45) is 5.41 Å². The van der Waals surface area contributed by atoms with E-state index >= 15 is 0 Å². The molecular weight excluding hydrogens is 739 g/mol. The highest BCUT2D eigenvalue weighted by Gasteiger charge is 2.46. The van der Waals surface area contributed by atoms with E-state index in [2.05, 4.69) is 20.1 Å². The smallest absolute Gasteiger partial charge is 0.310 e. The minimum Gasteiger partial charge on any atom is -0.491 e. The van der Waals surface area contributed by atoms with Crippen molar-refractivity contribution in [2.75, 3.05) is 59.2 Å². The van der Waals surface area contributed by atoms with Crippen LogP contribution in [0.15, 0.2) is 47.6 Å². The molecule has 3 aliphatic rings. The topological polar surface area (TPSA) is 158 Å². The van der Waals surface area contributed by atoms with Crippen LogP contribution in [0, 0.1) is 19.3 Å². The first-order chi connectivity index (χ1) is 26.2. The van der Waals surface area contributed by atoms with Crippen LogP contribution in [0.3, 0.4) is 0 Å². The highest BCUT2D eigenvalue weighted by Crippen LogP contribution is 2.45. The normalized spacial score (nSPS) is 19.5. The number of halogens is 2. The quantitative estimate of drug-likeness (QED) is 0.223. The number of carboxylic acids is 1. The minimum absolute atomic E-state index is 0.00743. The van der Waals surface area contributed by atoms with Crippen LogP contribution in [0.5, 0.6) is 11.6 Å². The number of carbonyl (C=O) groups is 1. The van der Waals surface area contributed by atoms with Gasteiger partial charge in [0.2, 0.25) is 21.7 Å². The molecule has 0 bridgehead atoms. The molecule has 1 aromatic carbocycles. The molecule has 14 nitrogen and oxygen atoms in total. The fourth-order valence-corrected chi connectivity index (χ4v) is 9.29. The van der Waals surface area contributed by atoms with Crippen LogP contribution in [-0.2, 0) is 30.8 Å². The fraction of sp³-hybridized carbons (Fsp3) is 0.526. The number of fused-ring (bicyclic) bond motifs is 2. The molecule has 2 fully saturated rings. The van der Waals surface area contributed by atoms with Crippen molar-refractivity contribution in [3.63, 3.8) is 0 Å². The molecular formula is C38H46F2N6O8S. The second-order valence-corrected chi connectivity index (χ2v) is 16.9. The van der Waals surface area contributed by atoms with Gasteiger partial charge in [-0.25, -0.2) is 22.2 Å². The number of hydrogen-bond donors (Lipinski definition) is 1. The molecule has 17 heteroatoms. The van der Waals surface area contributed by atoms with Crippen molar-refractivity contribution >= 4 is 21.6 Å². The Labute approximate surface area is 318 Å². The summed E-state index contributed by atoms with van der Waals surface area (Å²) >= 11 is 0. The van der Waals surface area contributed by atoms with Crippen LogP contribution in [0.25, 0.3) is 5.65 Å². The van der Waals surface area contributed by atoms with E-state index in [1.807, 2.05) is 25.1 Å². The molecule has 1 unspecified atom stereocenters. The Hall–Kier alpha value is -4.29. The zero-order valence-electron chi connectivity index (χ0n) is 31.3. The number of aromatic nitrogens is 4. The maximum absolute atomic E-state index is 14.7. The van der Waals surface area contributed by atoms with E-state index < -0.39 is 45.2 Å². The first-order valence-corrected chi connectivity index (χ1v) is 19.8. The molecule has 2 saturated heterocycles. The lowest BCUT2D eigenvalue weighted by atomic mass is 9.70. The number of aryl methyl sites for hydroxylation is 2. The summed E-state index contributed by atoms with van der Waals surface area (Å²) in [6, 6.07) is 8.61. The lowest BCUT2D eigenvalue weighted by Gasteiger charge is -2.38. The molecule has 4 aromatic rings. The molecule has 1 spiro atoms. The first kappa shape index (κ1) is 39.0. The van der Waals surface area contributed by atoms with Crippen LogP contribution in [-0.4, -0.2) is 113 Å². The monoisotopic (exact) mass is 784 g/mol. The van der Waals surface area contributed by atoms with E-state index in [1.165, 1.54) is 27.2 Å². The average molecular weight is 785 g/mol. The summed E-state index contributed by atoms with van der Waals surface area (Å²) in [6.45, 7) is 11.4. The average Bonchev–Trinajstić information content (AvgIpc) is 3.57. The molecule has 0 radical (unpaired) electrons. The van der Waals surface area contributed by atoms with Gasteiger partial charge in [0.25, 0.3) is 6.43 Å². The van der Waals surface area contributed by atoms with Gasteiger partial charge < -0.3 is 24.1 Å². The van der Waals surface area contributed by atoms with Gasteiger partial charge in [-0.15, -0.1) is 10.2 Å². The lowest BCUT2D eigenvalue weighted by molar-refractivity contribution is -0.147. The third kappa shape index (κ3) is 7.64. The van der Waals surface area contributed by atoms with E-state index in [4.69, 9.17) is 18.9 Å². The number of pyridine rings is 2. The molecule has 0 amide bonds. The number of carboxylic acid groups (broad SMARTS) is 1. The number of rotatable bonds is 11. The van der Waals surface area contributed by atoms with Crippen LogP contribution in [0.2, 0.25) is 0 Å². The first-order valence-electron chi connectivity index (χ1n) is 18.4. The second kappa shape index (κ2) is 15.3. The Balaban J connectivity index is 1.25. The Morgan fingerprint density at radius 3 is 2.49 bits per heavy atom. The molecule has 3 aromatic heterocycles. The largest absolute Gasteiger partial charge is 0.491 e. The van der Waals surface area contributed by atoms with Gasteiger partial charge in [0.05, 0.1) is 44.6 Å². The number of alkyl halides is 2. The van der Waals surface area contributed by atoms with E-state index in [0.29, 0.717) is 80.4 Å². The summed E-state index contributed by atoms with van der Waals surface area (Å²) in [5, 5.41) is 18.2. The molecule has 0 saturated carbocycles. The summed E-state index contributed by atoms with van der Waals surface area (Å²) < 4.78 is 83.0. The standard InChI is InChI=1S/C38H46F2N6O8S/c1-24-5-6-26(31(37(3,4)36(47)48)29-7-10-46-33(25(29)2)42-43-34(46)32(39)40)19-27(24)22-45-23-38(8-14-51-15-9-38)54-35-30(55(45,49)50)20-28(21-41-35)53-18-13-44-11-16-52-17-12-44/h5-7,10,19-21,31-32H,8-9,11-18,22-23H2,1-4H3,(H,47,48). The lowest BCUT2D eigenvalue weighted by Crippen LogP contribution is -2.50. The van der Waals surface area contributed by atoms with Gasteiger partial charge in [-0.05, 0) is 61.6 Å². The Morgan fingerprint density at radius 1 is 1.05 bits per heavy atom. The zero-order valence-corrected chi connectivity index (χ0v) is 32.2. The number of hydrogen-bond acceptors (Lipinski definition) is 11. The van der Waals surface area contributed by atoms with Crippen LogP contribution in [0.1, 0.15) is 72.7 Å². The Kier molecular flexibility index (Phi) is 10.9. The molecule has 3 aliphatic heterocycles. The number of morpholine rings is 1. The molecule has 7 rings (SSSR count). The predicted molar refractivity (Wildman–Crippen MR) is 195 cm³/mol. The molecule has 1 N–H and O–H groups in total. The fourth-order valence-electron chi connectivity index (χ4n) is 7.72. The summed E-state index contributed by atoms with van der Waals surface area (Å²) in [4.78, 5) is 19.4. The van der Waals surface area contributed by atoms with Gasteiger partial charge in [-0.3, -0.25) is 14.1 Å². The SMILES string of the molecule is Cc1ccc(C(c2ccn3c(C(F)F)nnc3c2C)C(C)(C)C(=O)O)cc1CN1CC2(CCOCC2)Oc2ncc(OCCN3CCOCC3)cc2S1(=O)=O. The third-order valence-electron chi connectivity index (χ3n) is 11.1. The van der Waals surface area contributed by atoms with Crippen molar-refractivity contribution in [1.29, 1.82) is 0 Å². The minimum atomic E-state index is -4.22. The summed E-state index contributed by atoms with van der Waals surface area (Å²) in [5.74, 6) is -2.05. The number of aliphatic carboxylic acids is 1. The van der Waals surface area contributed by atoms with E-state index in [-0.39, 0.29) is 29.5 Å². The van der Waals surface area contributed by atoms with Gasteiger partial charge in [-0.1, -0.05) is 18.2 Å². The third-order valence-corrected chi connectivity index (χ3v) is 12.9. The van der Waals surface area contributed by atoms with E-state index in [9.17, 15) is 27.1 Å². The van der Waals surface area contributed by atoms with Gasteiger partial charge >= 0.3 is 5.97 Å². The number of sulfonamides is 1. The van der Waals surface area contributed by atoms with Crippen molar-refractivity contribution in [1.82, 2.24) is 28.8 Å². The van der Waals surface area contributed by atoms with Gasteiger partial charge in [0, 0.05) is 57.2 Å².